The van der Waals surface area contributed by atoms with Crippen LogP contribution in [0.5, 0.6) is 5.75 Å². The SMILES string of the molecule is CCOc1ccc(S(=O)(=O)Nc2ccccc2NC(=O)N2CCCC2)cc1. The fraction of sp³-hybridized carbons (Fsp3) is 0.316. The van der Waals surface area contributed by atoms with Crippen LogP contribution in [0.4, 0.5) is 16.2 Å². The minimum atomic E-state index is -3.79. The number of hydrogen-bond donors (Lipinski definition) is 2. The third-order valence-corrected chi connectivity index (χ3v) is 5.63. The topological polar surface area (TPSA) is 87.7 Å². The van der Waals surface area contributed by atoms with Crippen LogP contribution in [-0.4, -0.2) is 39.0 Å². The van der Waals surface area contributed by atoms with Crippen molar-refractivity contribution < 1.29 is 17.9 Å². The monoisotopic (exact) mass is 389 g/mol. The molecule has 2 aromatic carbocycles. The van der Waals surface area contributed by atoms with Crippen LogP contribution in [0.2, 0.25) is 0 Å². The molecule has 144 valence electrons. The van der Waals surface area contributed by atoms with Crippen LogP contribution in [0.1, 0.15) is 19.8 Å². The molecule has 8 heteroatoms. The lowest BCUT2D eigenvalue weighted by Crippen LogP contribution is -2.32. The Morgan fingerprint density at radius 1 is 1.04 bits per heavy atom. The molecule has 1 fully saturated rings. The van der Waals surface area contributed by atoms with E-state index >= 15 is 0 Å². The molecule has 27 heavy (non-hydrogen) atoms. The minimum Gasteiger partial charge on any atom is -0.494 e. The molecule has 2 N–H and O–H groups in total. The molecule has 0 saturated carbocycles. The van der Waals surface area contributed by atoms with Gasteiger partial charge in [-0.2, -0.15) is 0 Å². The van der Waals surface area contributed by atoms with Gasteiger partial charge in [-0.05, 0) is 56.2 Å². The van der Waals surface area contributed by atoms with Crippen LogP contribution < -0.4 is 14.8 Å². The van der Waals surface area contributed by atoms with Crippen molar-refractivity contribution in [3.05, 3.63) is 48.5 Å². The zero-order valence-electron chi connectivity index (χ0n) is 15.1. The lowest BCUT2D eigenvalue weighted by atomic mass is 10.3. The predicted molar refractivity (Wildman–Crippen MR) is 105 cm³/mol. The lowest BCUT2D eigenvalue weighted by Gasteiger charge is -2.18. The highest BCUT2D eigenvalue weighted by molar-refractivity contribution is 7.92. The molecule has 0 unspecified atom stereocenters. The average molecular weight is 389 g/mol. The Hall–Kier alpha value is -2.74. The first kappa shape index (κ1) is 19.0. The van der Waals surface area contributed by atoms with E-state index in [1.807, 2.05) is 6.92 Å². The number of anilines is 2. The van der Waals surface area contributed by atoms with Crippen molar-refractivity contribution >= 4 is 27.4 Å². The smallest absolute Gasteiger partial charge is 0.321 e. The van der Waals surface area contributed by atoms with E-state index in [-0.39, 0.29) is 10.9 Å². The van der Waals surface area contributed by atoms with Crippen LogP contribution in [-0.2, 0) is 10.0 Å². The molecule has 3 rings (SSSR count). The Morgan fingerprint density at radius 3 is 2.30 bits per heavy atom. The summed E-state index contributed by atoms with van der Waals surface area (Å²) in [7, 11) is -3.79. The summed E-state index contributed by atoms with van der Waals surface area (Å²) >= 11 is 0. The number of nitrogens with zero attached hydrogens (tertiary/aromatic N) is 1. The molecule has 2 aromatic rings. The van der Waals surface area contributed by atoms with E-state index in [1.165, 1.54) is 12.1 Å². The molecule has 1 aliphatic rings. The summed E-state index contributed by atoms with van der Waals surface area (Å²) in [6.45, 7) is 3.80. The number of rotatable bonds is 6. The maximum Gasteiger partial charge on any atom is 0.321 e. The highest BCUT2D eigenvalue weighted by Gasteiger charge is 2.20. The van der Waals surface area contributed by atoms with E-state index in [1.54, 1.807) is 41.3 Å². The second-order valence-corrected chi connectivity index (χ2v) is 7.86. The third-order valence-electron chi connectivity index (χ3n) is 4.25. The quantitative estimate of drug-likeness (QED) is 0.791. The van der Waals surface area contributed by atoms with Gasteiger partial charge in [0.05, 0.1) is 22.9 Å². The first-order chi connectivity index (χ1) is 13.0. The number of amides is 2. The van der Waals surface area contributed by atoms with Crippen molar-refractivity contribution in [2.24, 2.45) is 0 Å². The van der Waals surface area contributed by atoms with Crippen LogP contribution in [0.15, 0.2) is 53.4 Å². The molecular formula is C19H23N3O4S. The summed E-state index contributed by atoms with van der Waals surface area (Å²) < 4.78 is 33.3. The zero-order valence-corrected chi connectivity index (χ0v) is 16.0. The molecule has 0 radical (unpaired) electrons. The number of hydrogen-bond acceptors (Lipinski definition) is 4. The highest BCUT2D eigenvalue weighted by atomic mass is 32.2. The summed E-state index contributed by atoms with van der Waals surface area (Å²) in [6, 6.07) is 12.7. The van der Waals surface area contributed by atoms with E-state index in [4.69, 9.17) is 4.74 Å². The van der Waals surface area contributed by atoms with Crippen molar-refractivity contribution in [2.45, 2.75) is 24.7 Å². The average Bonchev–Trinajstić information content (AvgIpc) is 3.19. The molecule has 7 nitrogen and oxygen atoms in total. The van der Waals surface area contributed by atoms with Crippen molar-refractivity contribution in [1.82, 2.24) is 4.90 Å². The van der Waals surface area contributed by atoms with E-state index in [0.29, 0.717) is 36.8 Å². The Balaban J connectivity index is 1.77. The number of ether oxygens (including phenoxy) is 1. The summed E-state index contributed by atoms with van der Waals surface area (Å²) in [5.74, 6) is 0.606. The number of carbonyl (C=O) groups is 1. The fourth-order valence-electron chi connectivity index (χ4n) is 2.88. The van der Waals surface area contributed by atoms with Crippen LogP contribution in [0.25, 0.3) is 0 Å². The molecule has 0 aromatic heterocycles. The lowest BCUT2D eigenvalue weighted by molar-refractivity contribution is 0.222. The van der Waals surface area contributed by atoms with E-state index in [0.717, 1.165) is 12.8 Å². The number of urea groups is 1. The first-order valence-corrected chi connectivity index (χ1v) is 10.4. The normalized spacial score (nSPS) is 14.0. The Kier molecular flexibility index (Phi) is 5.85. The van der Waals surface area contributed by atoms with Crippen LogP contribution in [0, 0.1) is 0 Å². The minimum absolute atomic E-state index is 0.117. The maximum atomic E-state index is 12.7. The standard InChI is InChI=1S/C19H23N3O4S/c1-2-26-15-9-11-16(12-10-15)27(24,25)21-18-8-4-3-7-17(18)20-19(23)22-13-5-6-14-22/h3-4,7-12,21H,2,5-6,13-14H2,1H3,(H,20,23). The van der Waals surface area contributed by atoms with Crippen molar-refractivity contribution in [2.75, 3.05) is 29.7 Å². The molecule has 1 heterocycles. The summed E-state index contributed by atoms with van der Waals surface area (Å²) in [6.07, 6.45) is 1.97. The van der Waals surface area contributed by atoms with Crippen molar-refractivity contribution in [1.29, 1.82) is 0 Å². The first-order valence-electron chi connectivity index (χ1n) is 8.90. The molecule has 1 aliphatic heterocycles. The summed E-state index contributed by atoms with van der Waals surface area (Å²) in [4.78, 5) is 14.2. The van der Waals surface area contributed by atoms with Crippen molar-refractivity contribution in [3.8, 4) is 5.75 Å². The molecule has 1 saturated heterocycles. The van der Waals surface area contributed by atoms with Crippen molar-refractivity contribution in [3.63, 3.8) is 0 Å². The Labute approximate surface area is 159 Å². The number of nitrogens with one attached hydrogen (secondary N) is 2. The zero-order chi connectivity index (χ0) is 19.3. The van der Waals surface area contributed by atoms with E-state index in [9.17, 15) is 13.2 Å². The van der Waals surface area contributed by atoms with Gasteiger partial charge in [-0.25, -0.2) is 13.2 Å². The molecule has 2 amide bonds. The van der Waals surface area contributed by atoms with Gasteiger partial charge < -0.3 is 15.0 Å². The molecule has 0 aliphatic carbocycles. The number of benzene rings is 2. The molecular weight excluding hydrogens is 366 g/mol. The molecule has 0 atom stereocenters. The van der Waals surface area contributed by atoms with Gasteiger partial charge in [0.2, 0.25) is 0 Å². The van der Waals surface area contributed by atoms with Gasteiger partial charge in [-0.3, -0.25) is 4.72 Å². The third kappa shape index (κ3) is 4.71. The highest BCUT2D eigenvalue weighted by Crippen LogP contribution is 2.26. The van der Waals surface area contributed by atoms with E-state index < -0.39 is 10.0 Å². The molecule has 0 spiro atoms. The predicted octanol–water partition coefficient (Wildman–Crippen LogP) is 3.51. The van der Waals surface area contributed by atoms with Gasteiger partial charge in [0, 0.05) is 13.1 Å². The van der Waals surface area contributed by atoms with Gasteiger partial charge in [-0.1, -0.05) is 12.1 Å². The second kappa shape index (κ2) is 8.30. The number of likely N-dealkylation sites (tertiary alicyclic amines) is 1. The molecule has 0 bridgehead atoms. The summed E-state index contributed by atoms with van der Waals surface area (Å²) in [5.41, 5.74) is 0.739. The number of carbonyl (C=O) groups excluding carboxylic acids is 1. The Bertz CT molecular complexity index is 891. The number of para-hydroxylation sites is 2. The van der Waals surface area contributed by atoms with Gasteiger partial charge in [0.1, 0.15) is 5.75 Å². The van der Waals surface area contributed by atoms with E-state index in [2.05, 4.69) is 10.0 Å². The van der Waals surface area contributed by atoms with Gasteiger partial charge in [-0.15, -0.1) is 0 Å². The van der Waals surface area contributed by atoms with Crippen LogP contribution >= 0.6 is 0 Å². The number of sulfonamides is 1. The van der Waals surface area contributed by atoms with Crippen LogP contribution in [0.3, 0.4) is 0 Å². The largest absolute Gasteiger partial charge is 0.494 e. The summed E-state index contributed by atoms with van der Waals surface area (Å²) in [5, 5.41) is 2.79. The fourth-order valence-corrected chi connectivity index (χ4v) is 3.96. The van der Waals surface area contributed by atoms with Gasteiger partial charge in [0.25, 0.3) is 10.0 Å². The Morgan fingerprint density at radius 2 is 1.67 bits per heavy atom. The second-order valence-electron chi connectivity index (χ2n) is 6.18. The van der Waals surface area contributed by atoms with Gasteiger partial charge in [0.15, 0.2) is 0 Å². The maximum absolute atomic E-state index is 12.7. The van der Waals surface area contributed by atoms with Gasteiger partial charge >= 0.3 is 6.03 Å².